The first-order chi connectivity index (χ1) is 10.1. The number of rotatable bonds is 5. The molecule has 0 aliphatic carbocycles. The van der Waals surface area contributed by atoms with Crippen LogP contribution in [0.4, 0.5) is 5.82 Å². The van der Waals surface area contributed by atoms with Crippen molar-refractivity contribution in [1.29, 1.82) is 0 Å². The van der Waals surface area contributed by atoms with Crippen LogP contribution in [0.5, 0.6) is 0 Å². The Labute approximate surface area is 129 Å². The zero-order valence-corrected chi connectivity index (χ0v) is 14.0. The van der Waals surface area contributed by atoms with Crippen molar-refractivity contribution in [2.45, 2.75) is 46.2 Å². The van der Waals surface area contributed by atoms with Crippen LogP contribution >= 0.6 is 0 Å². The molecule has 1 aromatic heterocycles. The van der Waals surface area contributed by atoms with E-state index in [1.807, 2.05) is 6.20 Å². The second kappa shape index (κ2) is 7.76. The molecule has 21 heavy (non-hydrogen) atoms. The third-order valence-electron chi connectivity index (χ3n) is 4.18. The van der Waals surface area contributed by atoms with Crippen LogP contribution in [0, 0.1) is 6.92 Å². The number of aromatic nitrogens is 1. The average molecular weight is 290 g/mol. The Balaban J connectivity index is 2.08. The lowest BCUT2D eigenvalue weighted by molar-refractivity contribution is 0.337. The summed E-state index contributed by atoms with van der Waals surface area (Å²) in [7, 11) is 2.21. The molecule has 0 radical (unpaired) electrons. The SMILES string of the molecule is CCCNCc1cnc(N2CCCN(C)CC2C)c(C)c1. The summed E-state index contributed by atoms with van der Waals surface area (Å²) < 4.78 is 0. The van der Waals surface area contributed by atoms with Gasteiger partial charge < -0.3 is 15.1 Å². The van der Waals surface area contributed by atoms with Crippen LogP contribution in [-0.2, 0) is 6.54 Å². The number of hydrogen-bond donors (Lipinski definition) is 1. The third-order valence-corrected chi connectivity index (χ3v) is 4.18. The molecule has 0 spiro atoms. The predicted octanol–water partition coefficient (Wildman–Crippen LogP) is 2.42. The molecule has 2 heterocycles. The summed E-state index contributed by atoms with van der Waals surface area (Å²) in [5.74, 6) is 1.16. The lowest BCUT2D eigenvalue weighted by Gasteiger charge is -2.30. The van der Waals surface area contributed by atoms with Gasteiger partial charge in [-0.15, -0.1) is 0 Å². The summed E-state index contributed by atoms with van der Waals surface area (Å²) in [5.41, 5.74) is 2.58. The average Bonchev–Trinajstić information content (AvgIpc) is 2.60. The Morgan fingerprint density at radius 2 is 2.19 bits per heavy atom. The first-order valence-corrected chi connectivity index (χ1v) is 8.23. The molecule has 1 aromatic rings. The summed E-state index contributed by atoms with van der Waals surface area (Å²) in [6.07, 6.45) is 4.41. The smallest absolute Gasteiger partial charge is 0.131 e. The minimum absolute atomic E-state index is 0.521. The lowest BCUT2D eigenvalue weighted by Crippen LogP contribution is -2.38. The highest BCUT2D eigenvalue weighted by Crippen LogP contribution is 2.22. The van der Waals surface area contributed by atoms with E-state index in [2.05, 4.69) is 49.0 Å². The van der Waals surface area contributed by atoms with E-state index in [0.717, 1.165) is 32.0 Å². The van der Waals surface area contributed by atoms with Gasteiger partial charge in [0.25, 0.3) is 0 Å². The molecule has 0 amide bonds. The van der Waals surface area contributed by atoms with Gasteiger partial charge in [-0.1, -0.05) is 6.92 Å². The van der Waals surface area contributed by atoms with Crippen molar-refractivity contribution in [3.05, 3.63) is 23.4 Å². The van der Waals surface area contributed by atoms with Crippen LogP contribution in [0.15, 0.2) is 12.3 Å². The summed E-state index contributed by atoms with van der Waals surface area (Å²) in [5, 5.41) is 3.44. The van der Waals surface area contributed by atoms with E-state index in [1.165, 1.54) is 30.5 Å². The van der Waals surface area contributed by atoms with Crippen molar-refractivity contribution in [3.63, 3.8) is 0 Å². The van der Waals surface area contributed by atoms with Gasteiger partial charge in [0.2, 0.25) is 0 Å². The Hall–Kier alpha value is -1.13. The quantitative estimate of drug-likeness (QED) is 0.844. The van der Waals surface area contributed by atoms with E-state index in [-0.39, 0.29) is 0 Å². The van der Waals surface area contributed by atoms with Crippen LogP contribution in [-0.4, -0.2) is 49.2 Å². The van der Waals surface area contributed by atoms with Gasteiger partial charge >= 0.3 is 0 Å². The molecule has 1 fully saturated rings. The van der Waals surface area contributed by atoms with Crippen LogP contribution in [0.3, 0.4) is 0 Å². The molecule has 1 unspecified atom stereocenters. The minimum atomic E-state index is 0.521. The normalized spacial score (nSPS) is 20.6. The molecule has 1 atom stereocenters. The monoisotopic (exact) mass is 290 g/mol. The third kappa shape index (κ3) is 4.42. The Morgan fingerprint density at radius 1 is 1.38 bits per heavy atom. The highest BCUT2D eigenvalue weighted by atomic mass is 15.3. The van der Waals surface area contributed by atoms with Gasteiger partial charge in [-0.25, -0.2) is 4.98 Å². The van der Waals surface area contributed by atoms with E-state index in [1.54, 1.807) is 0 Å². The topological polar surface area (TPSA) is 31.4 Å². The number of anilines is 1. The molecule has 0 bridgehead atoms. The van der Waals surface area contributed by atoms with Crippen molar-refractivity contribution < 1.29 is 0 Å². The number of hydrogen-bond acceptors (Lipinski definition) is 4. The Kier molecular flexibility index (Phi) is 6.00. The van der Waals surface area contributed by atoms with Crippen molar-refractivity contribution in [1.82, 2.24) is 15.2 Å². The molecule has 0 aromatic carbocycles. The minimum Gasteiger partial charge on any atom is -0.352 e. The molecule has 1 aliphatic rings. The molecule has 1 N–H and O–H groups in total. The zero-order chi connectivity index (χ0) is 15.2. The van der Waals surface area contributed by atoms with Crippen molar-refractivity contribution in [2.75, 3.05) is 38.1 Å². The lowest BCUT2D eigenvalue weighted by atomic mass is 10.1. The van der Waals surface area contributed by atoms with Gasteiger partial charge in [0.05, 0.1) is 0 Å². The van der Waals surface area contributed by atoms with Crippen LogP contribution in [0.1, 0.15) is 37.8 Å². The molecular weight excluding hydrogens is 260 g/mol. The van der Waals surface area contributed by atoms with Crippen molar-refractivity contribution >= 4 is 5.82 Å². The van der Waals surface area contributed by atoms with Gasteiger partial charge in [-0.05, 0) is 64.0 Å². The molecule has 0 saturated carbocycles. The fourth-order valence-electron chi connectivity index (χ4n) is 3.12. The molecule has 1 saturated heterocycles. The van der Waals surface area contributed by atoms with E-state index >= 15 is 0 Å². The van der Waals surface area contributed by atoms with E-state index in [9.17, 15) is 0 Å². The molecule has 2 rings (SSSR count). The first-order valence-electron chi connectivity index (χ1n) is 8.23. The van der Waals surface area contributed by atoms with Gasteiger partial charge in [0.1, 0.15) is 5.82 Å². The number of pyridine rings is 1. The summed E-state index contributed by atoms with van der Waals surface area (Å²) in [6.45, 7) is 12.1. The molecular formula is C17H30N4. The number of nitrogens with zero attached hydrogens (tertiary/aromatic N) is 3. The van der Waals surface area contributed by atoms with Gasteiger partial charge in [0, 0.05) is 31.9 Å². The van der Waals surface area contributed by atoms with Crippen LogP contribution in [0.25, 0.3) is 0 Å². The van der Waals surface area contributed by atoms with Crippen LogP contribution < -0.4 is 10.2 Å². The van der Waals surface area contributed by atoms with E-state index < -0.39 is 0 Å². The second-order valence-electron chi connectivity index (χ2n) is 6.32. The van der Waals surface area contributed by atoms with E-state index in [0.29, 0.717) is 6.04 Å². The molecule has 1 aliphatic heterocycles. The highest BCUT2D eigenvalue weighted by Gasteiger charge is 2.22. The fraction of sp³-hybridized carbons (Fsp3) is 0.706. The maximum Gasteiger partial charge on any atom is 0.131 e. The van der Waals surface area contributed by atoms with Gasteiger partial charge in [-0.2, -0.15) is 0 Å². The summed E-state index contributed by atoms with van der Waals surface area (Å²) in [4.78, 5) is 9.66. The highest BCUT2D eigenvalue weighted by molar-refractivity contribution is 5.48. The number of aryl methyl sites for hydroxylation is 1. The fourth-order valence-corrected chi connectivity index (χ4v) is 3.12. The van der Waals surface area contributed by atoms with Gasteiger partial charge in [-0.3, -0.25) is 0 Å². The largest absolute Gasteiger partial charge is 0.352 e. The molecule has 4 heteroatoms. The second-order valence-corrected chi connectivity index (χ2v) is 6.32. The predicted molar refractivity (Wildman–Crippen MR) is 89.9 cm³/mol. The molecule has 118 valence electrons. The van der Waals surface area contributed by atoms with E-state index in [4.69, 9.17) is 4.98 Å². The summed E-state index contributed by atoms with van der Waals surface area (Å²) >= 11 is 0. The Morgan fingerprint density at radius 3 is 2.90 bits per heavy atom. The standard InChI is InChI=1S/C17H30N4/c1-5-7-18-11-16-10-14(2)17(19-12-16)21-9-6-8-20(4)13-15(21)3/h10,12,15,18H,5-9,11,13H2,1-4H3. The number of likely N-dealkylation sites (N-methyl/N-ethyl adjacent to an activating group) is 1. The maximum absolute atomic E-state index is 4.77. The van der Waals surface area contributed by atoms with Crippen molar-refractivity contribution in [2.24, 2.45) is 0 Å². The number of nitrogens with one attached hydrogen (secondary N) is 1. The van der Waals surface area contributed by atoms with Crippen molar-refractivity contribution in [3.8, 4) is 0 Å². The zero-order valence-electron chi connectivity index (χ0n) is 14.0. The summed E-state index contributed by atoms with van der Waals surface area (Å²) in [6, 6.07) is 2.81. The molecule has 4 nitrogen and oxygen atoms in total. The van der Waals surface area contributed by atoms with Crippen LogP contribution in [0.2, 0.25) is 0 Å². The Bertz CT molecular complexity index is 446. The maximum atomic E-state index is 4.77. The first kappa shape index (κ1) is 16.2. The van der Waals surface area contributed by atoms with Gasteiger partial charge in [0.15, 0.2) is 0 Å².